The summed E-state index contributed by atoms with van der Waals surface area (Å²) in [6.07, 6.45) is 11.7. The summed E-state index contributed by atoms with van der Waals surface area (Å²) in [6.45, 7) is 0. The van der Waals surface area contributed by atoms with Crippen LogP contribution in [-0.4, -0.2) is 27.0 Å². The number of hydrogen-bond acceptors (Lipinski definition) is 2. The number of rotatable bonds is 12. The van der Waals surface area contributed by atoms with Gasteiger partial charge in [0, 0.05) is 0 Å². The minimum absolute atomic E-state index is 0.279. The Morgan fingerprint density at radius 2 is 1.39 bits per heavy atom. The molecule has 3 aromatic rings. The van der Waals surface area contributed by atoms with Gasteiger partial charge >= 0.3 is 194 Å². The average Bonchev–Trinajstić information content (AvgIpc) is 3.24. The van der Waals surface area contributed by atoms with Gasteiger partial charge < -0.3 is 0 Å². The summed E-state index contributed by atoms with van der Waals surface area (Å²) >= 11 is 4.45. The third-order valence-electron chi connectivity index (χ3n) is 6.04. The topological polar surface area (TPSA) is 55.1 Å². The van der Waals surface area contributed by atoms with Crippen LogP contribution in [0.1, 0.15) is 44.9 Å². The molecule has 0 radical (unpaired) electrons. The molecule has 0 saturated heterocycles. The van der Waals surface area contributed by atoms with Crippen molar-refractivity contribution in [1.82, 2.24) is 9.78 Å². The van der Waals surface area contributed by atoms with Gasteiger partial charge in [-0.3, -0.25) is 0 Å². The van der Waals surface area contributed by atoms with Crippen molar-refractivity contribution in [2.75, 3.05) is 6.16 Å². The van der Waals surface area contributed by atoms with Crippen LogP contribution in [0.15, 0.2) is 73.1 Å². The second-order valence-electron chi connectivity index (χ2n) is 8.21. The summed E-state index contributed by atoms with van der Waals surface area (Å²) in [5.41, 5.74) is 0. The fourth-order valence-corrected chi connectivity index (χ4v) is 11.8. The van der Waals surface area contributed by atoms with E-state index in [-0.39, 0.29) is 6.42 Å². The minimum atomic E-state index is -2.85. The molecule has 0 aliphatic heterocycles. The van der Waals surface area contributed by atoms with Crippen LogP contribution in [0.4, 0.5) is 0 Å². The number of benzene rings is 2. The molecule has 2 aromatic carbocycles. The van der Waals surface area contributed by atoms with Gasteiger partial charge in [0.05, 0.1) is 0 Å². The number of carboxylic acids is 1. The molecule has 6 heteroatoms. The first-order chi connectivity index (χ1) is 14.9. The van der Waals surface area contributed by atoms with E-state index >= 15 is 0 Å². The van der Waals surface area contributed by atoms with E-state index in [9.17, 15) is 4.79 Å². The molecule has 0 aliphatic rings. The molecule has 0 unspecified atom stereocenters. The average molecular weight is 503 g/mol. The zero-order valence-corrected chi connectivity index (χ0v) is 20.6. The molecule has 0 aliphatic carbocycles. The van der Waals surface area contributed by atoms with E-state index in [1.165, 1.54) is 15.9 Å². The van der Waals surface area contributed by atoms with E-state index in [0.29, 0.717) is 0 Å². The first kappa shape index (κ1) is 23.7. The SMILES string of the molecule is Cn1cc(P(Br)(CCCCCCCCC(=O)O)(c2ccccc2)c2ccccc2)cn1. The van der Waals surface area contributed by atoms with Gasteiger partial charge in [0.1, 0.15) is 0 Å². The van der Waals surface area contributed by atoms with E-state index in [0.717, 1.165) is 44.7 Å². The quantitative estimate of drug-likeness (QED) is 0.267. The number of carboxylic acid groups (broad SMARTS) is 1. The van der Waals surface area contributed by atoms with Gasteiger partial charge in [0.25, 0.3) is 0 Å². The summed E-state index contributed by atoms with van der Waals surface area (Å²) in [5, 5.41) is 14.4. The number of halogens is 1. The molecule has 0 spiro atoms. The molecule has 1 aromatic heterocycles. The zero-order chi connectivity index (χ0) is 22.2. The van der Waals surface area contributed by atoms with Crippen LogP contribution in [0.25, 0.3) is 0 Å². The molecule has 4 nitrogen and oxygen atoms in total. The van der Waals surface area contributed by atoms with Crippen LogP contribution >= 0.6 is 20.8 Å². The Morgan fingerprint density at radius 3 is 1.87 bits per heavy atom. The Kier molecular flexibility index (Phi) is 8.07. The predicted octanol–water partition coefficient (Wildman–Crippen LogP) is 5.37. The van der Waals surface area contributed by atoms with Crippen molar-refractivity contribution in [3.8, 4) is 0 Å². The molecule has 1 N–H and O–H groups in total. The Bertz CT molecular complexity index is 936. The van der Waals surface area contributed by atoms with Gasteiger partial charge in [-0.1, -0.05) is 0 Å². The van der Waals surface area contributed by atoms with Crippen molar-refractivity contribution in [3.05, 3.63) is 73.1 Å². The molecule has 1 heterocycles. The summed E-state index contributed by atoms with van der Waals surface area (Å²) in [6, 6.07) is 21.6. The Labute approximate surface area is 193 Å². The van der Waals surface area contributed by atoms with Crippen molar-refractivity contribution in [2.24, 2.45) is 7.05 Å². The Balaban J connectivity index is 1.87. The monoisotopic (exact) mass is 502 g/mol. The van der Waals surface area contributed by atoms with E-state index in [1.54, 1.807) is 0 Å². The van der Waals surface area contributed by atoms with Gasteiger partial charge in [-0.25, -0.2) is 0 Å². The number of hydrogen-bond donors (Lipinski definition) is 1. The zero-order valence-electron chi connectivity index (χ0n) is 18.2. The second-order valence-corrected chi connectivity index (χ2v) is 17.3. The number of aliphatic carboxylic acids is 1. The molecular formula is C25H32BrN2O2P. The number of carbonyl (C=O) groups is 1. The first-order valence-corrected chi connectivity index (χ1v) is 15.4. The first-order valence-electron chi connectivity index (χ1n) is 11.0. The van der Waals surface area contributed by atoms with Crippen LogP contribution < -0.4 is 15.9 Å². The van der Waals surface area contributed by atoms with E-state index < -0.39 is 11.3 Å². The van der Waals surface area contributed by atoms with Crippen LogP contribution in [0, 0.1) is 0 Å². The number of aryl methyl sites for hydroxylation is 1. The fourth-order valence-electron chi connectivity index (χ4n) is 4.35. The van der Waals surface area contributed by atoms with Gasteiger partial charge in [-0.05, 0) is 0 Å². The molecule has 0 saturated carbocycles. The summed E-state index contributed by atoms with van der Waals surface area (Å²) in [5.74, 6) is -0.696. The number of nitrogens with zero attached hydrogens (tertiary/aromatic N) is 2. The third kappa shape index (κ3) is 5.27. The molecule has 0 fully saturated rings. The van der Waals surface area contributed by atoms with Gasteiger partial charge in [-0.2, -0.15) is 0 Å². The van der Waals surface area contributed by atoms with E-state index in [1.807, 2.05) is 17.9 Å². The van der Waals surface area contributed by atoms with Gasteiger partial charge in [-0.15, -0.1) is 0 Å². The van der Waals surface area contributed by atoms with E-state index in [2.05, 4.69) is 87.4 Å². The summed E-state index contributed by atoms with van der Waals surface area (Å²) in [4.78, 5) is 10.7. The van der Waals surface area contributed by atoms with Crippen molar-refractivity contribution in [2.45, 2.75) is 44.9 Å². The molecule has 0 amide bonds. The van der Waals surface area contributed by atoms with Crippen molar-refractivity contribution in [3.63, 3.8) is 0 Å². The summed E-state index contributed by atoms with van der Waals surface area (Å²) < 4.78 is 1.90. The molecule has 0 atom stereocenters. The van der Waals surface area contributed by atoms with Crippen molar-refractivity contribution < 1.29 is 9.90 Å². The molecule has 0 bridgehead atoms. The number of unbranched alkanes of at least 4 members (excludes halogenated alkanes) is 5. The van der Waals surface area contributed by atoms with Gasteiger partial charge in [0.15, 0.2) is 0 Å². The van der Waals surface area contributed by atoms with Crippen LogP contribution in [0.3, 0.4) is 0 Å². The van der Waals surface area contributed by atoms with Crippen molar-refractivity contribution in [1.29, 1.82) is 0 Å². The molecule has 31 heavy (non-hydrogen) atoms. The normalized spacial score (nSPS) is 12.9. The maximum absolute atomic E-state index is 10.7. The predicted molar refractivity (Wildman–Crippen MR) is 136 cm³/mol. The standard InChI is InChI=1S/C25H32BrN2O2P/c1-28-21-24(20-27-28)31(26,22-14-8-6-9-15-22,23-16-10-7-11-17-23)19-13-5-3-2-4-12-18-25(29)30/h6-11,14-17,20-21H,2-5,12-13,18-19H2,1H3,(H,29,30). The number of aromatic nitrogens is 2. The summed E-state index contributed by atoms with van der Waals surface area (Å²) in [7, 11) is 1.98. The van der Waals surface area contributed by atoms with Crippen molar-refractivity contribution >= 4 is 42.7 Å². The maximum atomic E-state index is 10.7. The van der Waals surface area contributed by atoms with Gasteiger partial charge in [0.2, 0.25) is 0 Å². The molecule has 166 valence electrons. The molecular weight excluding hydrogens is 471 g/mol. The van der Waals surface area contributed by atoms with Crippen LogP contribution in [0.5, 0.6) is 0 Å². The third-order valence-corrected chi connectivity index (χ3v) is 16.0. The Morgan fingerprint density at radius 1 is 0.871 bits per heavy atom. The van der Waals surface area contributed by atoms with Crippen LogP contribution in [-0.2, 0) is 11.8 Å². The van der Waals surface area contributed by atoms with Crippen LogP contribution in [0.2, 0.25) is 0 Å². The molecule has 3 rings (SSSR count). The Hall–Kier alpha value is -1.97. The van der Waals surface area contributed by atoms with E-state index in [4.69, 9.17) is 5.11 Å². The second kappa shape index (κ2) is 10.6. The fraction of sp³-hybridized carbons (Fsp3) is 0.360.